The molecular formula is C21H32N4O2. The molecule has 1 fully saturated rings. The summed E-state index contributed by atoms with van der Waals surface area (Å²) in [5.74, 6) is 1.34. The zero-order chi connectivity index (χ0) is 19.2. The molecule has 0 aliphatic carbocycles. The van der Waals surface area contributed by atoms with Crippen LogP contribution in [0, 0.1) is 0 Å². The zero-order valence-corrected chi connectivity index (χ0v) is 16.7. The van der Waals surface area contributed by atoms with Gasteiger partial charge in [0.25, 0.3) is 0 Å². The van der Waals surface area contributed by atoms with Gasteiger partial charge in [-0.3, -0.25) is 14.9 Å². The number of hydrogen-bond donors (Lipinski definition) is 2. The Bertz CT molecular complexity index is 716. The largest absolute Gasteiger partial charge is 0.497 e. The second-order valence-electron chi connectivity index (χ2n) is 7.70. The molecule has 2 N–H and O–H groups in total. The highest BCUT2D eigenvalue weighted by Gasteiger charge is 2.27. The van der Waals surface area contributed by atoms with Crippen molar-refractivity contribution in [3.63, 3.8) is 0 Å². The van der Waals surface area contributed by atoms with Crippen molar-refractivity contribution in [1.82, 2.24) is 20.0 Å². The summed E-state index contributed by atoms with van der Waals surface area (Å²) in [6.45, 7) is 9.28. The first kappa shape index (κ1) is 19.9. The maximum absolute atomic E-state index is 9.54. The Hall–Kier alpha value is -1.89. The van der Waals surface area contributed by atoms with E-state index in [4.69, 9.17) is 4.74 Å². The predicted molar refractivity (Wildman–Crippen MR) is 107 cm³/mol. The summed E-state index contributed by atoms with van der Waals surface area (Å²) in [5.41, 5.74) is 3.54. The minimum absolute atomic E-state index is 0.217. The van der Waals surface area contributed by atoms with Gasteiger partial charge in [0.1, 0.15) is 5.75 Å². The lowest BCUT2D eigenvalue weighted by molar-refractivity contribution is 0.0493. The van der Waals surface area contributed by atoms with Crippen molar-refractivity contribution in [1.29, 1.82) is 0 Å². The number of hydrogen-bond acceptors (Lipinski definition) is 5. The second kappa shape index (κ2) is 9.35. The van der Waals surface area contributed by atoms with Crippen molar-refractivity contribution in [3.8, 4) is 5.75 Å². The number of aromatic amines is 1. The number of rotatable bonds is 8. The van der Waals surface area contributed by atoms with E-state index in [-0.39, 0.29) is 6.61 Å². The van der Waals surface area contributed by atoms with E-state index in [0.717, 1.165) is 50.6 Å². The first-order valence-corrected chi connectivity index (χ1v) is 9.83. The standard InChI is InChI=1S/C21H32N4O2/c1-16(2)21-12-18(22-23-21)14-24-8-9-25(19(15-24)7-10-26)13-17-5-4-6-20(11-17)27-3/h4-6,11-12,16,19,26H,7-10,13-15H2,1-3H3,(H,22,23). The lowest BCUT2D eigenvalue weighted by Crippen LogP contribution is -2.52. The van der Waals surface area contributed by atoms with Gasteiger partial charge < -0.3 is 9.84 Å². The normalized spacial score (nSPS) is 18.9. The fourth-order valence-electron chi connectivity index (χ4n) is 3.73. The fraction of sp³-hybridized carbons (Fsp3) is 0.571. The molecule has 1 aromatic heterocycles. The molecule has 2 heterocycles. The molecule has 1 saturated heterocycles. The minimum atomic E-state index is 0.217. The van der Waals surface area contributed by atoms with Crippen LogP contribution in [0.25, 0.3) is 0 Å². The Morgan fingerprint density at radius 3 is 2.81 bits per heavy atom. The molecule has 3 rings (SSSR count). The van der Waals surface area contributed by atoms with Crippen molar-refractivity contribution in [3.05, 3.63) is 47.3 Å². The topological polar surface area (TPSA) is 64.6 Å². The third-order valence-corrected chi connectivity index (χ3v) is 5.31. The molecule has 0 bridgehead atoms. The van der Waals surface area contributed by atoms with Crippen molar-refractivity contribution in [2.75, 3.05) is 33.4 Å². The van der Waals surface area contributed by atoms with Crippen LogP contribution in [0.5, 0.6) is 5.75 Å². The van der Waals surface area contributed by atoms with E-state index >= 15 is 0 Å². The van der Waals surface area contributed by atoms with E-state index in [9.17, 15) is 5.11 Å². The van der Waals surface area contributed by atoms with Crippen molar-refractivity contribution in [2.45, 2.75) is 45.3 Å². The van der Waals surface area contributed by atoms with Gasteiger partial charge in [-0.05, 0) is 36.1 Å². The smallest absolute Gasteiger partial charge is 0.119 e. The van der Waals surface area contributed by atoms with E-state index in [1.807, 2.05) is 12.1 Å². The number of aliphatic hydroxyl groups is 1. The molecule has 6 nitrogen and oxygen atoms in total. The van der Waals surface area contributed by atoms with Gasteiger partial charge in [-0.2, -0.15) is 5.10 Å². The molecule has 1 aliphatic rings. The number of H-pyrrole nitrogens is 1. The molecule has 6 heteroatoms. The second-order valence-corrected chi connectivity index (χ2v) is 7.70. The van der Waals surface area contributed by atoms with E-state index in [0.29, 0.717) is 12.0 Å². The molecular weight excluding hydrogens is 340 g/mol. The average molecular weight is 373 g/mol. The summed E-state index contributed by atoms with van der Waals surface area (Å²) in [4.78, 5) is 4.94. The number of aromatic nitrogens is 2. The number of nitrogens with zero attached hydrogens (tertiary/aromatic N) is 3. The summed E-state index contributed by atoms with van der Waals surface area (Å²) >= 11 is 0. The van der Waals surface area contributed by atoms with Crippen LogP contribution in [0.3, 0.4) is 0 Å². The van der Waals surface area contributed by atoms with Crippen LogP contribution in [0.1, 0.15) is 43.1 Å². The highest BCUT2D eigenvalue weighted by atomic mass is 16.5. The van der Waals surface area contributed by atoms with Gasteiger partial charge in [0.2, 0.25) is 0 Å². The van der Waals surface area contributed by atoms with Crippen LogP contribution < -0.4 is 4.74 Å². The summed E-state index contributed by atoms with van der Waals surface area (Å²) in [6.07, 6.45) is 0.792. The van der Waals surface area contributed by atoms with Gasteiger partial charge >= 0.3 is 0 Å². The summed E-state index contributed by atoms with van der Waals surface area (Å²) in [7, 11) is 1.70. The van der Waals surface area contributed by atoms with E-state index in [1.54, 1.807) is 7.11 Å². The molecule has 2 aromatic rings. The summed E-state index contributed by atoms with van der Waals surface area (Å²) in [5, 5.41) is 17.1. The average Bonchev–Trinajstić information content (AvgIpc) is 3.13. The van der Waals surface area contributed by atoms with Crippen LogP contribution in [0.2, 0.25) is 0 Å². The van der Waals surface area contributed by atoms with E-state index in [1.165, 1.54) is 11.3 Å². The van der Waals surface area contributed by atoms with Crippen molar-refractivity contribution < 1.29 is 9.84 Å². The third-order valence-electron chi connectivity index (χ3n) is 5.31. The Kier molecular flexibility index (Phi) is 6.88. The molecule has 0 amide bonds. The number of nitrogens with one attached hydrogen (secondary N) is 1. The van der Waals surface area contributed by atoms with Crippen LogP contribution in [0.15, 0.2) is 30.3 Å². The molecule has 148 valence electrons. The quantitative estimate of drug-likeness (QED) is 0.746. The maximum atomic E-state index is 9.54. The van der Waals surface area contributed by atoms with Gasteiger partial charge in [0.15, 0.2) is 0 Å². The molecule has 1 aliphatic heterocycles. The monoisotopic (exact) mass is 372 g/mol. The highest BCUT2D eigenvalue weighted by molar-refractivity contribution is 5.28. The van der Waals surface area contributed by atoms with Crippen LogP contribution in [-0.4, -0.2) is 64.5 Å². The van der Waals surface area contributed by atoms with Crippen LogP contribution >= 0.6 is 0 Å². The van der Waals surface area contributed by atoms with Gasteiger partial charge in [-0.25, -0.2) is 0 Å². The van der Waals surface area contributed by atoms with Crippen molar-refractivity contribution >= 4 is 0 Å². The van der Waals surface area contributed by atoms with Crippen LogP contribution in [-0.2, 0) is 13.1 Å². The predicted octanol–water partition coefficient (Wildman–Crippen LogP) is 2.61. The molecule has 1 unspecified atom stereocenters. The number of benzene rings is 1. The number of aliphatic hydroxyl groups excluding tert-OH is 1. The summed E-state index contributed by atoms with van der Waals surface area (Å²) in [6, 6.07) is 10.8. The van der Waals surface area contributed by atoms with E-state index in [2.05, 4.69) is 52.0 Å². The number of piperazine rings is 1. The highest BCUT2D eigenvalue weighted by Crippen LogP contribution is 2.21. The van der Waals surface area contributed by atoms with Crippen molar-refractivity contribution in [2.24, 2.45) is 0 Å². The maximum Gasteiger partial charge on any atom is 0.119 e. The fourth-order valence-corrected chi connectivity index (χ4v) is 3.73. The molecule has 27 heavy (non-hydrogen) atoms. The third kappa shape index (κ3) is 5.31. The molecule has 1 atom stereocenters. The molecule has 0 spiro atoms. The Morgan fingerprint density at radius 2 is 2.11 bits per heavy atom. The number of ether oxygens (including phenoxy) is 1. The lowest BCUT2D eigenvalue weighted by Gasteiger charge is -2.41. The SMILES string of the molecule is COc1cccc(CN2CCN(Cc3cc(C(C)C)n[nH]3)CC2CCO)c1. The zero-order valence-electron chi connectivity index (χ0n) is 16.7. The van der Waals surface area contributed by atoms with Gasteiger partial charge in [-0.15, -0.1) is 0 Å². The van der Waals surface area contributed by atoms with Gasteiger partial charge in [-0.1, -0.05) is 26.0 Å². The first-order chi connectivity index (χ1) is 13.1. The van der Waals surface area contributed by atoms with Gasteiger partial charge in [0.05, 0.1) is 12.8 Å². The summed E-state index contributed by atoms with van der Waals surface area (Å²) < 4.78 is 5.34. The van der Waals surface area contributed by atoms with E-state index < -0.39 is 0 Å². The Labute approximate surface area is 162 Å². The molecule has 0 radical (unpaired) electrons. The van der Waals surface area contributed by atoms with Crippen LogP contribution in [0.4, 0.5) is 0 Å². The Balaban J connectivity index is 1.61. The number of methoxy groups -OCH3 is 1. The molecule has 0 saturated carbocycles. The molecule has 1 aromatic carbocycles. The lowest BCUT2D eigenvalue weighted by atomic mass is 10.1. The first-order valence-electron chi connectivity index (χ1n) is 9.83. The Morgan fingerprint density at radius 1 is 1.26 bits per heavy atom. The van der Waals surface area contributed by atoms with Gasteiger partial charge in [0, 0.05) is 51.1 Å². The minimum Gasteiger partial charge on any atom is -0.497 e.